The number of amides is 2. The second kappa shape index (κ2) is 9.94. The Labute approximate surface area is 208 Å². The first-order valence-corrected chi connectivity index (χ1v) is 12.6. The molecule has 0 bridgehead atoms. The van der Waals surface area contributed by atoms with Gasteiger partial charge >= 0.3 is 12.0 Å². The fraction of sp³-hybridized carbons (Fsp3) is 0.261. The lowest BCUT2D eigenvalue weighted by atomic mass is 10.2. The molecule has 0 aliphatic carbocycles. The average molecular weight is 511 g/mol. The van der Waals surface area contributed by atoms with E-state index in [-0.39, 0.29) is 11.6 Å². The molecule has 180 valence electrons. The molecule has 4 heterocycles. The fourth-order valence-electron chi connectivity index (χ4n) is 3.85. The number of rotatable bonds is 5. The van der Waals surface area contributed by atoms with Crippen LogP contribution < -0.4 is 10.9 Å². The summed E-state index contributed by atoms with van der Waals surface area (Å²) in [6.45, 7) is 2.80. The molecule has 1 aliphatic heterocycles. The van der Waals surface area contributed by atoms with Crippen molar-refractivity contribution in [1.29, 1.82) is 0 Å². The third-order valence-electron chi connectivity index (χ3n) is 5.65. The Kier molecular flexibility index (Phi) is 6.57. The van der Waals surface area contributed by atoms with Gasteiger partial charge < -0.3 is 15.0 Å². The minimum Gasteiger partial charge on any atom is -0.465 e. The molecule has 1 aromatic carbocycles. The standard InChI is InChI=1S/C23H22N6O4S2/c1-33-21(31)16-5-2-3-6-17(16)25-22(32)28-10-8-27(9-11-28)14-15-13-19(30)29-23(24-15)35-20(26-29)18-7-4-12-34-18/h2-7,12-13H,8-11,14H2,1H3,(H,25,32). The van der Waals surface area contributed by atoms with Gasteiger partial charge in [-0.3, -0.25) is 9.69 Å². The van der Waals surface area contributed by atoms with E-state index in [1.54, 1.807) is 40.5 Å². The van der Waals surface area contributed by atoms with Gasteiger partial charge in [0.15, 0.2) is 5.01 Å². The molecule has 2 amide bonds. The molecule has 5 rings (SSSR count). The highest BCUT2D eigenvalue weighted by Gasteiger charge is 2.23. The summed E-state index contributed by atoms with van der Waals surface area (Å²) in [5, 5.41) is 9.96. The molecule has 4 aromatic rings. The predicted octanol–water partition coefficient (Wildman–Crippen LogP) is 3.02. The summed E-state index contributed by atoms with van der Waals surface area (Å²) in [6, 6.07) is 11.9. The molecule has 1 aliphatic rings. The molecule has 3 aromatic heterocycles. The third kappa shape index (κ3) is 4.94. The first kappa shape index (κ1) is 23.1. The SMILES string of the molecule is COC(=O)c1ccccc1NC(=O)N1CCN(Cc2cc(=O)n3nc(-c4cccs4)sc3n2)CC1. The number of carbonyl (C=O) groups is 2. The largest absolute Gasteiger partial charge is 0.465 e. The van der Waals surface area contributed by atoms with Crippen LogP contribution in [0.1, 0.15) is 16.1 Å². The van der Waals surface area contributed by atoms with Gasteiger partial charge in [-0.15, -0.1) is 11.3 Å². The summed E-state index contributed by atoms with van der Waals surface area (Å²) in [7, 11) is 1.30. The summed E-state index contributed by atoms with van der Waals surface area (Å²) in [5.74, 6) is -0.505. The Morgan fingerprint density at radius 3 is 2.66 bits per heavy atom. The zero-order valence-corrected chi connectivity index (χ0v) is 20.5. The Morgan fingerprint density at radius 2 is 1.91 bits per heavy atom. The van der Waals surface area contributed by atoms with Crippen LogP contribution in [0.2, 0.25) is 0 Å². The monoisotopic (exact) mass is 510 g/mol. The number of esters is 1. The molecule has 1 N–H and O–H groups in total. The molecule has 35 heavy (non-hydrogen) atoms. The molecule has 1 fully saturated rings. The molecule has 0 spiro atoms. The number of methoxy groups -OCH3 is 1. The number of urea groups is 1. The van der Waals surface area contributed by atoms with Gasteiger partial charge in [-0.1, -0.05) is 29.5 Å². The number of para-hydroxylation sites is 1. The number of nitrogens with one attached hydrogen (secondary N) is 1. The summed E-state index contributed by atoms with van der Waals surface area (Å²) in [6.07, 6.45) is 0. The van der Waals surface area contributed by atoms with E-state index >= 15 is 0 Å². The number of benzene rings is 1. The number of anilines is 1. The fourth-order valence-corrected chi connectivity index (χ4v) is 5.57. The summed E-state index contributed by atoms with van der Waals surface area (Å²) in [5.41, 5.74) is 1.20. The number of carbonyl (C=O) groups excluding carboxylic acids is 2. The lowest BCUT2D eigenvalue weighted by molar-refractivity contribution is 0.0602. The molecule has 10 nitrogen and oxygen atoms in total. The minimum atomic E-state index is -0.505. The van der Waals surface area contributed by atoms with Gasteiger partial charge in [-0.25, -0.2) is 14.6 Å². The second-order valence-electron chi connectivity index (χ2n) is 7.90. The predicted molar refractivity (Wildman–Crippen MR) is 134 cm³/mol. The molecule has 0 unspecified atom stereocenters. The number of fused-ring (bicyclic) bond motifs is 1. The quantitative estimate of drug-likeness (QED) is 0.411. The van der Waals surface area contributed by atoms with E-state index in [1.165, 1.54) is 29.0 Å². The topological polar surface area (TPSA) is 109 Å². The van der Waals surface area contributed by atoms with Crippen LogP contribution in [0.4, 0.5) is 10.5 Å². The molecule has 0 atom stereocenters. The third-order valence-corrected chi connectivity index (χ3v) is 7.60. The van der Waals surface area contributed by atoms with Crippen molar-refractivity contribution in [3.63, 3.8) is 0 Å². The van der Waals surface area contributed by atoms with Gasteiger partial charge in [0.05, 0.1) is 28.9 Å². The smallest absolute Gasteiger partial charge is 0.339 e. The maximum absolute atomic E-state index is 12.8. The Bertz CT molecular complexity index is 1420. The van der Waals surface area contributed by atoms with E-state index in [0.29, 0.717) is 54.6 Å². The van der Waals surface area contributed by atoms with Crippen LogP contribution >= 0.6 is 22.7 Å². The number of piperazine rings is 1. The van der Waals surface area contributed by atoms with Crippen LogP contribution in [0.15, 0.2) is 52.6 Å². The second-order valence-corrected chi connectivity index (χ2v) is 9.80. The molecular formula is C23H22N6O4S2. The minimum absolute atomic E-state index is 0.202. The number of aromatic nitrogens is 3. The van der Waals surface area contributed by atoms with E-state index in [0.717, 1.165) is 9.88 Å². The van der Waals surface area contributed by atoms with Crippen LogP contribution in [-0.2, 0) is 11.3 Å². The van der Waals surface area contributed by atoms with Gasteiger partial charge in [0, 0.05) is 38.8 Å². The Morgan fingerprint density at radius 1 is 1.11 bits per heavy atom. The van der Waals surface area contributed by atoms with Crippen LogP contribution in [0, 0.1) is 0 Å². The lowest BCUT2D eigenvalue weighted by Crippen LogP contribution is -2.49. The van der Waals surface area contributed by atoms with Crippen molar-refractivity contribution in [2.75, 3.05) is 38.6 Å². The summed E-state index contributed by atoms with van der Waals surface area (Å²) in [4.78, 5) is 47.4. The van der Waals surface area contributed by atoms with Gasteiger partial charge in [0.25, 0.3) is 5.56 Å². The molecule has 0 radical (unpaired) electrons. The van der Waals surface area contributed by atoms with Gasteiger partial charge in [0.2, 0.25) is 4.96 Å². The van der Waals surface area contributed by atoms with Crippen LogP contribution in [0.5, 0.6) is 0 Å². The van der Waals surface area contributed by atoms with Gasteiger partial charge in [-0.2, -0.15) is 9.61 Å². The number of nitrogens with zero attached hydrogens (tertiary/aromatic N) is 5. The number of ether oxygens (including phenoxy) is 1. The van der Waals surface area contributed by atoms with E-state index < -0.39 is 5.97 Å². The van der Waals surface area contributed by atoms with Crippen molar-refractivity contribution < 1.29 is 14.3 Å². The molecular weight excluding hydrogens is 488 g/mol. The van der Waals surface area contributed by atoms with E-state index in [4.69, 9.17) is 4.74 Å². The maximum Gasteiger partial charge on any atom is 0.339 e. The van der Waals surface area contributed by atoms with Crippen LogP contribution in [0.3, 0.4) is 0 Å². The van der Waals surface area contributed by atoms with E-state index in [2.05, 4.69) is 20.3 Å². The van der Waals surface area contributed by atoms with Crippen molar-refractivity contribution in [2.24, 2.45) is 0 Å². The molecule has 0 saturated carbocycles. The highest BCUT2D eigenvalue weighted by Crippen LogP contribution is 2.28. The first-order valence-electron chi connectivity index (χ1n) is 10.9. The number of hydrogen-bond acceptors (Lipinski definition) is 9. The van der Waals surface area contributed by atoms with Gasteiger partial charge in [-0.05, 0) is 23.6 Å². The maximum atomic E-state index is 12.8. The molecule has 1 saturated heterocycles. The number of hydrogen-bond donors (Lipinski definition) is 1. The zero-order valence-electron chi connectivity index (χ0n) is 18.8. The van der Waals surface area contributed by atoms with Crippen molar-refractivity contribution in [3.05, 3.63) is 69.5 Å². The van der Waals surface area contributed by atoms with Crippen LogP contribution in [-0.4, -0.2) is 69.7 Å². The van der Waals surface area contributed by atoms with Gasteiger partial charge in [0.1, 0.15) is 0 Å². The normalized spacial score (nSPS) is 14.3. The van der Waals surface area contributed by atoms with E-state index in [1.807, 2.05) is 17.5 Å². The number of thiophene rings is 1. The highest BCUT2D eigenvalue weighted by atomic mass is 32.1. The Balaban J connectivity index is 1.21. The van der Waals surface area contributed by atoms with Crippen LogP contribution in [0.25, 0.3) is 14.8 Å². The Hall–Kier alpha value is -3.61. The summed E-state index contributed by atoms with van der Waals surface area (Å²) >= 11 is 2.97. The average Bonchev–Trinajstić information content (AvgIpc) is 3.55. The highest BCUT2D eigenvalue weighted by molar-refractivity contribution is 7.23. The summed E-state index contributed by atoms with van der Waals surface area (Å²) < 4.78 is 6.13. The van der Waals surface area contributed by atoms with E-state index in [9.17, 15) is 14.4 Å². The van der Waals surface area contributed by atoms with Crippen molar-refractivity contribution >= 4 is 45.3 Å². The molecule has 12 heteroatoms. The first-order chi connectivity index (χ1) is 17.0. The zero-order chi connectivity index (χ0) is 24.4. The van der Waals surface area contributed by atoms with Crippen molar-refractivity contribution in [1.82, 2.24) is 24.4 Å². The van der Waals surface area contributed by atoms with Crippen molar-refractivity contribution in [2.45, 2.75) is 6.54 Å². The lowest BCUT2D eigenvalue weighted by Gasteiger charge is -2.34. The van der Waals surface area contributed by atoms with Crippen molar-refractivity contribution in [3.8, 4) is 9.88 Å².